The van der Waals surface area contributed by atoms with Gasteiger partial charge in [0.1, 0.15) is 5.82 Å². The SMILES string of the molecule is CN1[CH-]N(c2[c-]c(N3[CH-]N(C)c4ccccc43)cc(C(F)(F)F)c2)c2ccccc21.Cc1cc(-c2nc(-c3[c-]cc(F)cc3F)cn2C)[n-]n1.[Ir]. The molecule has 0 atom stereocenters. The third-order valence-corrected chi connectivity index (χ3v) is 8.19. The van der Waals surface area contributed by atoms with Gasteiger partial charge in [-0.15, -0.1) is 41.7 Å². The van der Waals surface area contributed by atoms with E-state index in [2.05, 4.69) is 27.3 Å². The van der Waals surface area contributed by atoms with E-state index in [0.717, 1.165) is 52.7 Å². The second-order valence-electron chi connectivity index (χ2n) is 11.8. The monoisotopic (exact) mass is 872 g/mol. The molecule has 1 radical (unpaired) electrons. The van der Waals surface area contributed by atoms with Gasteiger partial charge in [0.25, 0.3) is 0 Å². The first-order valence-corrected chi connectivity index (χ1v) is 15.3. The molecule has 0 fully saturated rings. The Kier molecular flexibility index (Phi) is 9.67. The molecular formula is C37H28F5IrN8-5. The molecule has 265 valence electrons. The van der Waals surface area contributed by atoms with E-state index < -0.39 is 23.4 Å². The van der Waals surface area contributed by atoms with E-state index in [0.29, 0.717) is 28.6 Å². The summed E-state index contributed by atoms with van der Waals surface area (Å²) in [4.78, 5) is 11.6. The average molecular weight is 872 g/mol. The molecular weight excluding hydrogens is 844 g/mol. The molecule has 0 spiro atoms. The van der Waals surface area contributed by atoms with Gasteiger partial charge in [0.15, 0.2) is 0 Å². The Hall–Kier alpha value is -5.20. The van der Waals surface area contributed by atoms with Gasteiger partial charge in [-0.25, -0.2) is 0 Å². The normalized spacial score (nSPS) is 13.5. The zero-order valence-electron chi connectivity index (χ0n) is 27.5. The number of imidazole rings is 1. The number of halogens is 5. The predicted molar refractivity (Wildman–Crippen MR) is 182 cm³/mol. The molecule has 0 bridgehead atoms. The van der Waals surface area contributed by atoms with Crippen LogP contribution in [0.1, 0.15) is 11.3 Å². The van der Waals surface area contributed by atoms with E-state index in [1.807, 2.05) is 79.3 Å². The Morgan fingerprint density at radius 2 is 1.33 bits per heavy atom. The summed E-state index contributed by atoms with van der Waals surface area (Å²) in [5, 5.41) is 7.90. The Balaban J connectivity index is 0.000000186. The van der Waals surface area contributed by atoms with Gasteiger partial charge in [-0.1, -0.05) is 53.2 Å². The number of hydrogen-bond donors (Lipinski definition) is 0. The van der Waals surface area contributed by atoms with Crippen molar-refractivity contribution in [1.82, 2.24) is 19.7 Å². The van der Waals surface area contributed by atoms with Gasteiger partial charge in [0.05, 0.1) is 0 Å². The molecule has 8 nitrogen and oxygen atoms in total. The number of fused-ring (bicyclic) bond motifs is 2. The van der Waals surface area contributed by atoms with Crippen molar-refractivity contribution in [3.63, 3.8) is 0 Å². The molecule has 14 heteroatoms. The second-order valence-corrected chi connectivity index (χ2v) is 11.8. The summed E-state index contributed by atoms with van der Waals surface area (Å²) in [5.74, 6) is -0.794. The van der Waals surface area contributed by atoms with Crippen molar-refractivity contribution in [3.05, 3.63) is 133 Å². The fourth-order valence-electron chi connectivity index (χ4n) is 5.84. The zero-order valence-corrected chi connectivity index (χ0v) is 29.9. The van der Waals surface area contributed by atoms with Crippen molar-refractivity contribution in [1.29, 1.82) is 0 Å². The Morgan fingerprint density at radius 3 is 1.82 bits per heavy atom. The maximum absolute atomic E-state index is 13.8. The van der Waals surface area contributed by atoms with Crippen molar-refractivity contribution in [2.75, 3.05) is 33.7 Å². The largest absolute Gasteiger partial charge is 0.572 e. The molecule has 2 aliphatic heterocycles. The molecule has 8 rings (SSSR count). The molecule has 0 unspecified atom stereocenters. The summed E-state index contributed by atoms with van der Waals surface area (Å²) in [5.41, 5.74) is 5.30. The van der Waals surface area contributed by atoms with E-state index in [-0.39, 0.29) is 25.7 Å². The molecule has 4 aromatic carbocycles. The third-order valence-electron chi connectivity index (χ3n) is 8.19. The van der Waals surface area contributed by atoms with Crippen molar-refractivity contribution >= 4 is 34.1 Å². The zero-order chi connectivity index (χ0) is 35.3. The maximum Gasteiger partial charge on any atom is 0.394 e. The van der Waals surface area contributed by atoms with Gasteiger partial charge >= 0.3 is 6.18 Å². The summed E-state index contributed by atoms with van der Waals surface area (Å²) < 4.78 is 69.7. The molecule has 51 heavy (non-hydrogen) atoms. The van der Waals surface area contributed by atoms with Crippen LogP contribution in [0, 0.1) is 44.0 Å². The minimum absolute atomic E-state index is 0. The van der Waals surface area contributed by atoms with Gasteiger partial charge in [-0.2, -0.15) is 26.5 Å². The molecule has 2 aliphatic rings. The minimum Gasteiger partial charge on any atom is -0.572 e. The van der Waals surface area contributed by atoms with Crippen molar-refractivity contribution in [2.45, 2.75) is 13.1 Å². The molecule has 2 aromatic heterocycles. The van der Waals surface area contributed by atoms with E-state index in [1.54, 1.807) is 47.0 Å². The first-order chi connectivity index (χ1) is 23.9. The van der Waals surface area contributed by atoms with E-state index >= 15 is 0 Å². The Bertz CT molecular complexity index is 2120. The summed E-state index contributed by atoms with van der Waals surface area (Å²) in [7, 11) is 5.51. The fraction of sp³-hybridized carbons (Fsp3) is 0.135. The third kappa shape index (κ3) is 6.93. The summed E-state index contributed by atoms with van der Waals surface area (Å²) in [6.45, 7) is 5.37. The van der Waals surface area contributed by atoms with Crippen LogP contribution < -0.4 is 24.7 Å². The van der Waals surface area contributed by atoms with Gasteiger partial charge in [-0.3, -0.25) is 13.8 Å². The number of alkyl halides is 3. The number of aryl methyl sites for hydroxylation is 2. The minimum atomic E-state index is -4.48. The molecule has 0 amide bonds. The second kappa shape index (κ2) is 13.8. The number of anilines is 6. The molecule has 0 saturated carbocycles. The van der Waals surface area contributed by atoms with Crippen LogP contribution >= 0.6 is 0 Å². The Labute approximate surface area is 305 Å². The van der Waals surface area contributed by atoms with Crippen LogP contribution in [0.3, 0.4) is 0 Å². The Morgan fingerprint density at radius 1 is 0.784 bits per heavy atom. The van der Waals surface area contributed by atoms with E-state index in [9.17, 15) is 22.0 Å². The van der Waals surface area contributed by atoms with Crippen LogP contribution in [0.5, 0.6) is 0 Å². The molecule has 6 aromatic rings. The van der Waals surface area contributed by atoms with Crippen molar-refractivity contribution in [2.24, 2.45) is 7.05 Å². The first kappa shape index (κ1) is 35.6. The number of nitrogens with zero attached hydrogens (tertiary/aromatic N) is 8. The van der Waals surface area contributed by atoms with Crippen LogP contribution in [0.4, 0.5) is 56.1 Å². The van der Waals surface area contributed by atoms with Crippen molar-refractivity contribution < 1.29 is 42.1 Å². The standard InChI is InChI=1S/C23H18F3N4.C14H10F2N4.Ir/c1-27-14-29(21-9-5-3-7-19(21)27)17-11-16(23(24,25)26)12-18(13-17)30-15-28(2)20-8-4-6-10-22(20)30;1-8-5-12(19-18-8)14-17-13(7-20(14)2)10-4-3-9(15)6-11(10)16;/h3-12,14-15H,1-2H3;3,5-7H,1-2H3;/q-3;-2;. The van der Waals surface area contributed by atoms with Gasteiger partial charge in [-0.05, 0) is 51.5 Å². The smallest absolute Gasteiger partial charge is 0.394 e. The van der Waals surface area contributed by atoms with E-state index in [1.165, 1.54) is 0 Å². The van der Waals surface area contributed by atoms with Gasteiger partial charge in [0.2, 0.25) is 0 Å². The number of rotatable bonds is 4. The molecule has 0 aliphatic carbocycles. The number of para-hydroxylation sites is 4. The topological polar surface area (TPSA) is 57.8 Å². The van der Waals surface area contributed by atoms with E-state index in [4.69, 9.17) is 0 Å². The van der Waals surface area contributed by atoms with Crippen LogP contribution in [-0.2, 0) is 33.3 Å². The summed E-state index contributed by atoms with van der Waals surface area (Å²) in [6, 6.07) is 26.9. The predicted octanol–water partition coefficient (Wildman–Crippen LogP) is 8.41. The number of aromatic nitrogens is 4. The van der Waals surface area contributed by atoms with Crippen LogP contribution in [0.15, 0.2) is 85.1 Å². The molecule has 0 N–H and O–H groups in total. The maximum atomic E-state index is 13.8. The summed E-state index contributed by atoms with van der Waals surface area (Å²) in [6.07, 6.45) is -2.83. The molecule has 4 heterocycles. The van der Waals surface area contributed by atoms with Crippen molar-refractivity contribution in [3.8, 4) is 22.8 Å². The van der Waals surface area contributed by atoms with Crippen LogP contribution in [0.25, 0.3) is 22.8 Å². The first-order valence-electron chi connectivity index (χ1n) is 15.3. The average Bonchev–Trinajstić information content (AvgIpc) is 3.86. The quantitative estimate of drug-likeness (QED) is 0.130. The molecule has 0 saturated heterocycles. The van der Waals surface area contributed by atoms with Gasteiger partial charge in [0, 0.05) is 72.9 Å². The van der Waals surface area contributed by atoms with Crippen LogP contribution in [0.2, 0.25) is 0 Å². The fourth-order valence-corrected chi connectivity index (χ4v) is 5.84. The van der Waals surface area contributed by atoms with Gasteiger partial charge < -0.3 is 34.4 Å². The number of hydrogen-bond acceptors (Lipinski definition) is 6. The summed E-state index contributed by atoms with van der Waals surface area (Å²) >= 11 is 0. The number of benzene rings is 4. The van der Waals surface area contributed by atoms with Crippen LogP contribution in [-0.4, -0.2) is 28.7 Å².